The predicted octanol–water partition coefficient (Wildman–Crippen LogP) is 3.97. The lowest BCUT2D eigenvalue weighted by molar-refractivity contribution is -0.131. The molecule has 0 saturated heterocycles. The molecule has 108 valence electrons. The molecule has 3 nitrogen and oxygen atoms in total. The Hall–Kier alpha value is -1.77. The van der Waals surface area contributed by atoms with Gasteiger partial charge in [-0.1, -0.05) is 18.9 Å². The van der Waals surface area contributed by atoms with Gasteiger partial charge in [-0.15, -0.1) is 0 Å². The number of methoxy groups -OCH3 is 1. The van der Waals surface area contributed by atoms with Gasteiger partial charge >= 0.3 is 5.97 Å². The number of hydrogen-bond acceptors (Lipinski definition) is 2. The second-order valence-corrected chi connectivity index (χ2v) is 5.58. The minimum absolute atomic E-state index is 0.334. The van der Waals surface area contributed by atoms with Crippen molar-refractivity contribution in [3.63, 3.8) is 0 Å². The summed E-state index contributed by atoms with van der Waals surface area (Å²) in [5, 5.41) is 9.19. The fourth-order valence-electron chi connectivity index (χ4n) is 3.23. The average molecular weight is 274 g/mol. The third kappa shape index (κ3) is 3.03. The number of hydrogen-bond donors (Lipinski definition) is 1. The lowest BCUT2D eigenvalue weighted by Crippen LogP contribution is -2.05. The molecule has 0 aromatic heterocycles. The van der Waals surface area contributed by atoms with Crippen LogP contribution in [0, 0.1) is 19.8 Å². The number of carboxylic acid groups (broad SMARTS) is 1. The Morgan fingerprint density at radius 2 is 1.95 bits per heavy atom. The molecule has 3 heteroatoms. The van der Waals surface area contributed by atoms with Gasteiger partial charge in [-0.05, 0) is 55.4 Å². The van der Waals surface area contributed by atoms with Crippen molar-refractivity contribution in [2.45, 2.75) is 39.5 Å². The highest BCUT2D eigenvalue weighted by atomic mass is 16.5. The third-order valence-electron chi connectivity index (χ3n) is 4.01. The summed E-state index contributed by atoms with van der Waals surface area (Å²) in [5.41, 5.74) is 4.04. The van der Waals surface area contributed by atoms with Crippen LogP contribution in [0.3, 0.4) is 0 Å². The van der Waals surface area contributed by atoms with Crippen LogP contribution in [0.5, 0.6) is 5.75 Å². The van der Waals surface area contributed by atoms with E-state index in [1.165, 1.54) is 18.9 Å². The van der Waals surface area contributed by atoms with Crippen LogP contribution in [0.1, 0.15) is 42.4 Å². The largest absolute Gasteiger partial charge is 0.496 e. The summed E-state index contributed by atoms with van der Waals surface area (Å²) < 4.78 is 5.52. The van der Waals surface area contributed by atoms with Gasteiger partial charge in [0, 0.05) is 11.6 Å². The molecule has 0 unspecified atom stereocenters. The van der Waals surface area contributed by atoms with Gasteiger partial charge in [-0.3, -0.25) is 0 Å². The van der Waals surface area contributed by atoms with Crippen molar-refractivity contribution < 1.29 is 14.6 Å². The lowest BCUT2D eigenvalue weighted by atomic mass is 9.88. The lowest BCUT2D eigenvalue weighted by Gasteiger charge is -2.19. The van der Waals surface area contributed by atoms with E-state index in [1.54, 1.807) is 7.11 Å². The second-order valence-electron chi connectivity index (χ2n) is 5.58. The molecule has 1 saturated carbocycles. The molecule has 0 bridgehead atoms. The molecular formula is C17H22O3. The van der Waals surface area contributed by atoms with E-state index in [9.17, 15) is 9.90 Å². The number of aryl methyl sites for hydroxylation is 2. The van der Waals surface area contributed by atoms with E-state index in [0.717, 1.165) is 40.9 Å². The Balaban J connectivity index is 2.56. The molecular weight excluding hydrogens is 252 g/mol. The molecule has 0 spiro atoms. The minimum atomic E-state index is -0.881. The summed E-state index contributed by atoms with van der Waals surface area (Å²) in [5.74, 6) is 0.254. The van der Waals surface area contributed by atoms with E-state index in [4.69, 9.17) is 4.74 Å². The van der Waals surface area contributed by atoms with Gasteiger partial charge in [0.1, 0.15) is 5.75 Å². The fraction of sp³-hybridized carbons (Fsp3) is 0.471. The zero-order chi connectivity index (χ0) is 14.7. The van der Waals surface area contributed by atoms with Crippen LogP contribution >= 0.6 is 0 Å². The number of carbonyl (C=O) groups is 1. The van der Waals surface area contributed by atoms with Crippen LogP contribution in [-0.2, 0) is 4.79 Å². The molecule has 2 rings (SSSR count). The second kappa shape index (κ2) is 6.12. The van der Waals surface area contributed by atoms with E-state index in [0.29, 0.717) is 5.92 Å². The first-order chi connectivity index (χ1) is 9.52. The Morgan fingerprint density at radius 1 is 1.30 bits per heavy atom. The summed E-state index contributed by atoms with van der Waals surface area (Å²) in [4.78, 5) is 11.2. The number of aliphatic carboxylic acids is 1. The molecule has 1 aromatic rings. The van der Waals surface area contributed by atoms with Gasteiger partial charge in [0.05, 0.1) is 7.11 Å². The quantitative estimate of drug-likeness (QED) is 0.845. The van der Waals surface area contributed by atoms with Gasteiger partial charge in [0.15, 0.2) is 0 Å². The van der Waals surface area contributed by atoms with E-state index in [-0.39, 0.29) is 0 Å². The molecule has 20 heavy (non-hydrogen) atoms. The van der Waals surface area contributed by atoms with E-state index >= 15 is 0 Å². The van der Waals surface area contributed by atoms with Crippen LogP contribution in [-0.4, -0.2) is 18.2 Å². The first-order valence-corrected chi connectivity index (χ1v) is 7.13. The van der Waals surface area contributed by atoms with Crippen LogP contribution in [0.25, 0.3) is 5.57 Å². The zero-order valence-electron chi connectivity index (χ0n) is 12.4. The van der Waals surface area contributed by atoms with Crippen molar-refractivity contribution in [1.29, 1.82) is 0 Å². The van der Waals surface area contributed by atoms with Gasteiger partial charge in [0.2, 0.25) is 0 Å². The maximum atomic E-state index is 11.2. The van der Waals surface area contributed by atoms with Crippen molar-refractivity contribution in [2.75, 3.05) is 7.11 Å². The van der Waals surface area contributed by atoms with Crippen LogP contribution in [0.15, 0.2) is 18.2 Å². The Bertz CT molecular complexity index is 537. The normalized spacial score (nSPS) is 16.4. The monoisotopic (exact) mass is 274 g/mol. The predicted molar refractivity (Wildman–Crippen MR) is 80.0 cm³/mol. The number of rotatable bonds is 4. The summed E-state index contributed by atoms with van der Waals surface area (Å²) in [6.07, 6.45) is 5.85. The Kier molecular flexibility index (Phi) is 4.48. The highest BCUT2D eigenvalue weighted by Gasteiger charge is 2.24. The molecule has 1 aliphatic carbocycles. The Labute approximate surface area is 120 Å². The summed E-state index contributed by atoms with van der Waals surface area (Å²) in [6, 6.07) is 4.11. The molecule has 0 aliphatic heterocycles. The maximum absolute atomic E-state index is 11.2. The summed E-state index contributed by atoms with van der Waals surface area (Å²) in [6.45, 7) is 4.03. The highest BCUT2D eigenvalue weighted by molar-refractivity contribution is 5.92. The van der Waals surface area contributed by atoms with Crippen LogP contribution in [0.2, 0.25) is 0 Å². The average Bonchev–Trinajstić information content (AvgIpc) is 2.88. The van der Waals surface area contributed by atoms with E-state index < -0.39 is 5.97 Å². The smallest absolute Gasteiger partial charge is 0.328 e. The summed E-state index contributed by atoms with van der Waals surface area (Å²) in [7, 11) is 1.65. The molecule has 0 amide bonds. The maximum Gasteiger partial charge on any atom is 0.328 e. The van der Waals surface area contributed by atoms with E-state index in [1.807, 2.05) is 19.9 Å². The number of benzene rings is 1. The molecule has 1 aliphatic rings. The molecule has 0 heterocycles. The topological polar surface area (TPSA) is 46.5 Å². The minimum Gasteiger partial charge on any atom is -0.496 e. The first kappa shape index (κ1) is 14.6. The molecule has 1 aromatic carbocycles. The first-order valence-electron chi connectivity index (χ1n) is 7.13. The van der Waals surface area contributed by atoms with Crippen molar-refractivity contribution in [2.24, 2.45) is 5.92 Å². The summed E-state index contributed by atoms with van der Waals surface area (Å²) >= 11 is 0. The SMILES string of the molecule is COc1c(C)cc(C)cc1/C(=C/C(=O)O)C1CCCC1. The number of carboxylic acids is 1. The fourth-order valence-corrected chi connectivity index (χ4v) is 3.23. The standard InChI is InChI=1S/C17H22O3/c1-11-8-12(2)17(20-3)15(9-11)14(10-16(18)19)13-6-4-5-7-13/h8-10,13H,4-7H2,1-3H3,(H,18,19)/b14-10+. The molecule has 0 radical (unpaired) electrons. The van der Waals surface area contributed by atoms with Crippen LogP contribution < -0.4 is 4.74 Å². The zero-order valence-corrected chi connectivity index (χ0v) is 12.4. The van der Waals surface area contributed by atoms with Gasteiger partial charge < -0.3 is 9.84 Å². The Morgan fingerprint density at radius 3 is 2.50 bits per heavy atom. The van der Waals surface area contributed by atoms with Gasteiger partial charge in [-0.25, -0.2) is 4.79 Å². The van der Waals surface area contributed by atoms with Crippen molar-refractivity contribution in [3.8, 4) is 5.75 Å². The highest BCUT2D eigenvalue weighted by Crippen LogP contribution is 2.41. The van der Waals surface area contributed by atoms with Crippen molar-refractivity contribution in [1.82, 2.24) is 0 Å². The van der Waals surface area contributed by atoms with Crippen molar-refractivity contribution >= 4 is 11.5 Å². The number of ether oxygens (including phenoxy) is 1. The van der Waals surface area contributed by atoms with Gasteiger partial charge in [0.25, 0.3) is 0 Å². The third-order valence-corrected chi connectivity index (χ3v) is 4.01. The van der Waals surface area contributed by atoms with Crippen molar-refractivity contribution in [3.05, 3.63) is 34.9 Å². The molecule has 1 N–H and O–H groups in total. The number of allylic oxidation sites excluding steroid dienone is 1. The molecule has 0 atom stereocenters. The molecule has 1 fully saturated rings. The van der Waals surface area contributed by atoms with E-state index in [2.05, 4.69) is 6.07 Å². The van der Waals surface area contributed by atoms with Crippen LogP contribution in [0.4, 0.5) is 0 Å². The van der Waals surface area contributed by atoms with Gasteiger partial charge in [-0.2, -0.15) is 0 Å².